The molecule has 0 aliphatic rings. The fourth-order valence-electron chi connectivity index (χ4n) is 3.78. The van der Waals surface area contributed by atoms with Crippen molar-refractivity contribution in [2.45, 2.75) is 5.60 Å². The molecule has 3 aromatic rings. The third-order valence-corrected chi connectivity index (χ3v) is 5.77. The van der Waals surface area contributed by atoms with Crippen molar-refractivity contribution in [3.63, 3.8) is 0 Å². The van der Waals surface area contributed by atoms with Crippen LogP contribution in [0.3, 0.4) is 0 Å². The van der Waals surface area contributed by atoms with Gasteiger partial charge in [-0.1, -0.05) is 54.6 Å². The minimum absolute atomic E-state index is 0.417. The Labute approximate surface area is 199 Å². The molecule has 0 bridgehead atoms. The smallest absolute Gasteiger partial charge is 0.331 e. The normalized spacial score (nSPS) is 12.8. The summed E-state index contributed by atoms with van der Waals surface area (Å²) >= 11 is 0. The highest BCUT2D eigenvalue weighted by atomic mass is 16.5. The highest BCUT2D eigenvalue weighted by Gasteiger charge is 2.45. The van der Waals surface area contributed by atoms with E-state index in [2.05, 4.69) is 0 Å². The first-order chi connectivity index (χ1) is 16.5. The minimum Gasteiger partial charge on any atom is -0.497 e. The van der Waals surface area contributed by atoms with Gasteiger partial charge in [0.2, 0.25) is 0 Å². The van der Waals surface area contributed by atoms with Gasteiger partial charge in [0.15, 0.2) is 5.41 Å². The number of carbonyl (C=O) groups is 1. The van der Waals surface area contributed by atoms with Gasteiger partial charge in [0.05, 0.1) is 40.6 Å². The van der Waals surface area contributed by atoms with Crippen molar-refractivity contribution in [3.05, 3.63) is 95.6 Å². The summed E-state index contributed by atoms with van der Waals surface area (Å²) in [4.78, 5) is 12.5. The number of nitriles is 1. The van der Waals surface area contributed by atoms with E-state index >= 15 is 0 Å². The Bertz CT molecular complexity index is 1080. The van der Waals surface area contributed by atoms with E-state index in [0.717, 1.165) is 16.7 Å². The SMILES string of the molecule is COC(=O)C(C#N)(CO)COC(c1ccccc1)(c1ccc(OC)cc1)c1ccc(OC)cc1. The Morgan fingerprint density at radius 1 is 0.824 bits per heavy atom. The van der Waals surface area contributed by atoms with Gasteiger partial charge < -0.3 is 24.1 Å². The molecular weight excluding hydrogens is 434 g/mol. The van der Waals surface area contributed by atoms with Crippen LogP contribution in [0.1, 0.15) is 16.7 Å². The molecule has 0 aliphatic carbocycles. The van der Waals surface area contributed by atoms with Crippen LogP contribution in [0.5, 0.6) is 11.5 Å². The molecule has 1 atom stereocenters. The molecule has 1 N–H and O–H groups in total. The predicted molar refractivity (Wildman–Crippen MR) is 125 cm³/mol. The zero-order valence-electron chi connectivity index (χ0n) is 19.4. The van der Waals surface area contributed by atoms with Crippen LogP contribution in [0.15, 0.2) is 78.9 Å². The lowest BCUT2D eigenvalue weighted by Gasteiger charge is -2.38. The number of ether oxygens (including phenoxy) is 4. The Balaban J connectivity index is 2.26. The van der Waals surface area contributed by atoms with Crippen LogP contribution in [-0.2, 0) is 19.9 Å². The predicted octanol–water partition coefficient (Wildman–Crippen LogP) is 3.69. The van der Waals surface area contributed by atoms with E-state index < -0.39 is 30.2 Å². The van der Waals surface area contributed by atoms with Crippen molar-refractivity contribution < 1.29 is 28.8 Å². The molecule has 0 spiro atoms. The molecule has 7 nitrogen and oxygen atoms in total. The number of hydrogen-bond acceptors (Lipinski definition) is 7. The molecular formula is C27H27NO6. The zero-order valence-corrected chi connectivity index (χ0v) is 19.4. The Morgan fingerprint density at radius 3 is 1.68 bits per heavy atom. The number of nitrogens with zero attached hydrogens (tertiary/aromatic N) is 1. The van der Waals surface area contributed by atoms with Crippen LogP contribution in [-0.4, -0.2) is 45.6 Å². The number of rotatable bonds is 10. The van der Waals surface area contributed by atoms with Gasteiger partial charge in [-0.3, -0.25) is 4.79 Å². The molecule has 0 aliphatic heterocycles. The van der Waals surface area contributed by atoms with Gasteiger partial charge >= 0.3 is 5.97 Å². The second-order valence-electron chi connectivity index (χ2n) is 7.64. The van der Waals surface area contributed by atoms with E-state index in [0.29, 0.717) is 11.5 Å². The van der Waals surface area contributed by atoms with Crippen molar-refractivity contribution in [1.82, 2.24) is 0 Å². The van der Waals surface area contributed by atoms with Gasteiger partial charge in [-0.15, -0.1) is 0 Å². The summed E-state index contributed by atoms with van der Waals surface area (Å²) < 4.78 is 22.0. The molecule has 0 fully saturated rings. The van der Waals surface area contributed by atoms with Gasteiger partial charge in [0, 0.05) is 0 Å². The van der Waals surface area contributed by atoms with Crippen LogP contribution in [0.2, 0.25) is 0 Å². The van der Waals surface area contributed by atoms with E-state index in [9.17, 15) is 15.2 Å². The molecule has 0 aromatic heterocycles. The highest BCUT2D eigenvalue weighted by molar-refractivity contribution is 5.80. The summed E-state index contributed by atoms with van der Waals surface area (Å²) in [5.74, 6) is 0.456. The first-order valence-electron chi connectivity index (χ1n) is 10.6. The van der Waals surface area contributed by atoms with Crippen molar-refractivity contribution in [1.29, 1.82) is 5.26 Å². The van der Waals surface area contributed by atoms with E-state index in [1.165, 1.54) is 7.11 Å². The van der Waals surface area contributed by atoms with Crippen molar-refractivity contribution in [2.75, 3.05) is 34.5 Å². The maximum atomic E-state index is 12.5. The van der Waals surface area contributed by atoms with Crippen LogP contribution in [0.25, 0.3) is 0 Å². The van der Waals surface area contributed by atoms with Crippen LogP contribution < -0.4 is 9.47 Å². The first-order valence-corrected chi connectivity index (χ1v) is 10.6. The van der Waals surface area contributed by atoms with Gasteiger partial charge in [0.1, 0.15) is 17.1 Å². The molecule has 1 unspecified atom stereocenters. The summed E-state index contributed by atoms with van der Waals surface area (Å²) in [5, 5.41) is 19.8. The number of carbonyl (C=O) groups excluding carboxylic acids is 1. The number of hydrogen-bond donors (Lipinski definition) is 1. The maximum absolute atomic E-state index is 12.5. The van der Waals surface area contributed by atoms with Gasteiger partial charge in [-0.2, -0.15) is 5.26 Å². The Hall–Kier alpha value is -3.86. The third kappa shape index (κ3) is 4.60. The molecule has 0 heterocycles. The Kier molecular flexibility index (Phi) is 7.90. The number of aliphatic hydroxyl groups is 1. The quantitative estimate of drug-likeness (QED) is 0.363. The average molecular weight is 462 g/mol. The standard InChI is InChI=1S/C27H27NO6/c1-31-23-13-9-21(10-14-23)27(20-7-5-4-6-8-20,22-11-15-24(32-2)16-12-22)34-19-26(17-28,18-29)25(30)33-3/h4-16,29H,18-19H2,1-3H3. The summed E-state index contributed by atoms with van der Waals surface area (Å²) in [6.45, 7) is -1.17. The highest BCUT2D eigenvalue weighted by Crippen LogP contribution is 2.42. The van der Waals surface area contributed by atoms with E-state index in [-0.39, 0.29) is 0 Å². The van der Waals surface area contributed by atoms with Crippen LogP contribution >= 0.6 is 0 Å². The molecule has 3 aromatic carbocycles. The lowest BCUT2D eigenvalue weighted by molar-refractivity contribution is -0.157. The molecule has 3 rings (SSSR count). The molecule has 0 saturated carbocycles. The van der Waals surface area contributed by atoms with Crippen LogP contribution in [0, 0.1) is 16.7 Å². The fraction of sp³-hybridized carbons (Fsp3) is 0.259. The van der Waals surface area contributed by atoms with E-state index in [1.54, 1.807) is 14.2 Å². The molecule has 176 valence electrons. The molecule has 0 amide bonds. The monoisotopic (exact) mass is 461 g/mol. The second-order valence-corrected chi connectivity index (χ2v) is 7.64. The average Bonchev–Trinajstić information content (AvgIpc) is 2.92. The molecule has 0 radical (unpaired) electrons. The molecule has 0 saturated heterocycles. The van der Waals surface area contributed by atoms with Crippen LogP contribution in [0.4, 0.5) is 0 Å². The minimum atomic E-state index is -1.90. The fourth-order valence-corrected chi connectivity index (χ4v) is 3.78. The summed E-state index contributed by atoms with van der Waals surface area (Å²) in [7, 11) is 4.33. The topological polar surface area (TPSA) is 98.0 Å². The largest absolute Gasteiger partial charge is 0.497 e. The van der Waals surface area contributed by atoms with E-state index in [1.807, 2.05) is 84.9 Å². The summed E-state index contributed by atoms with van der Waals surface area (Å²) in [5.41, 5.74) is -0.891. The third-order valence-electron chi connectivity index (χ3n) is 5.77. The van der Waals surface area contributed by atoms with Gasteiger partial charge in [0.25, 0.3) is 0 Å². The second kappa shape index (κ2) is 10.8. The lowest BCUT2D eigenvalue weighted by atomic mass is 9.79. The van der Waals surface area contributed by atoms with Gasteiger partial charge in [-0.05, 0) is 41.0 Å². The number of benzene rings is 3. The van der Waals surface area contributed by atoms with Crippen molar-refractivity contribution in [3.8, 4) is 17.6 Å². The van der Waals surface area contributed by atoms with Crippen molar-refractivity contribution in [2.24, 2.45) is 5.41 Å². The molecule has 7 heteroatoms. The zero-order chi connectivity index (χ0) is 24.6. The summed E-state index contributed by atoms with van der Waals surface area (Å²) in [6, 6.07) is 26.0. The maximum Gasteiger partial charge on any atom is 0.331 e. The molecule has 34 heavy (non-hydrogen) atoms. The Morgan fingerprint density at radius 2 is 1.29 bits per heavy atom. The van der Waals surface area contributed by atoms with Gasteiger partial charge in [-0.25, -0.2) is 0 Å². The first kappa shape index (κ1) is 24.8. The summed E-state index contributed by atoms with van der Waals surface area (Å²) in [6.07, 6.45) is 0. The van der Waals surface area contributed by atoms with Crippen molar-refractivity contribution >= 4 is 5.97 Å². The number of esters is 1. The van der Waals surface area contributed by atoms with E-state index in [4.69, 9.17) is 18.9 Å². The number of aliphatic hydroxyl groups excluding tert-OH is 1. The lowest BCUT2D eigenvalue weighted by Crippen LogP contribution is -2.43. The number of methoxy groups -OCH3 is 3.